The molecule has 0 heterocycles. The molecule has 0 aliphatic rings. The van der Waals surface area contributed by atoms with Gasteiger partial charge in [0.05, 0.1) is 0 Å². The molecule has 0 aliphatic heterocycles. The van der Waals surface area contributed by atoms with E-state index in [1.54, 1.807) is 24.3 Å². The molecule has 1 aromatic rings. The SMILES string of the molecule is CC(C)(C)[Si](C)(C)C#CC[C@@H](NC(=O)c1ccc(Cl)cc1)C(=O)O. The Labute approximate surface area is 149 Å². The quantitative estimate of drug-likeness (QED) is 0.626. The number of hydrogen-bond donors (Lipinski definition) is 2. The normalized spacial score (nSPS) is 12.8. The maximum absolute atomic E-state index is 12.1. The lowest BCUT2D eigenvalue weighted by molar-refractivity contribution is -0.139. The Kier molecular flexibility index (Phi) is 6.64. The van der Waals surface area contributed by atoms with Crippen LogP contribution in [0.4, 0.5) is 0 Å². The van der Waals surface area contributed by atoms with E-state index in [4.69, 9.17) is 11.6 Å². The first-order valence-corrected chi connectivity index (χ1v) is 11.1. The number of carbonyl (C=O) groups is 2. The third-order valence-corrected chi connectivity index (χ3v) is 9.10. The average molecular weight is 366 g/mol. The van der Waals surface area contributed by atoms with Gasteiger partial charge in [-0.2, -0.15) is 0 Å². The number of carboxylic acid groups (broad SMARTS) is 1. The van der Waals surface area contributed by atoms with Gasteiger partial charge in [-0.1, -0.05) is 45.5 Å². The lowest BCUT2D eigenvalue weighted by atomic mass is 10.1. The fourth-order valence-electron chi connectivity index (χ4n) is 1.60. The topological polar surface area (TPSA) is 66.4 Å². The summed E-state index contributed by atoms with van der Waals surface area (Å²) in [7, 11) is -1.80. The Hall–Kier alpha value is -1.77. The summed E-state index contributed by atoms with van der Waals surface area (Å²) in [5.41, 5.74) is 3.63. The molecule has 6 heteroatoms. The first-order chi connectivity index (χ1) is 10.9. The van der Waals surface area contributed by atoms with E-state index in [1.807, 2.05) is 0 Å². The van der Waals surface area contributed by atoms with Crippen molar-refractivity contribution < 1.29 is 14.7 Å². The summed E-state index contributed by atoms with van der Waals surface area (Å²) in [6.45, 7) is 10.7. The summed E-state index contributed by atoms with van der Waals surface area (Å²) >= 11 is 5.78. The Morgan fingerprint density at radius 1 is 1.25 bits per heavy atom. The van der Waals surface area contributed by atoms with E-state index in [-0.39, 0.29) is 11.5 Å². The Bertz CT molecular complexity index is 666. The van der Waals surface area contributed by atoms with Crippen LogP contribution in [-0.4, -0.2) is 31.1 Å². The number of benzene rings is 1. The zero-order valence-electron chi connectivity index (χ0n) is 14.7. The van der Waals surface area contributed by atoms with Gasteiger partial charge in [0.2, 0.25) is 0 Å². The van der Waals surface area contributed by atoms with Crippen molar-refractivity contribution in [3.05, 3.63) is 34.9 Å². The van der Waals surface area contributed by atoms with E-state index in [9.17, 15) is 14.7 Å². The number of halogens is 1. The molecule has 0 radical (unpaired) electrons. The van der Waals surface area contributed by atoms with Crippen LogP contribution >= 0.6 is 11.6 Å². The summed E-state index contributed by atoms with van der Waals surface area (Å²) < 4.78 is 0. The van der Waals surface area contributed by atoms with Gasteiger partial charge >= 0.3 is 5.97 Å². The van der Waals surface area contributed by atoms with Gasteiger partial charge in [0, 0.05) is 17.0 Å². The van der Waals surface area contributed by atoms with Crippen LogP contribution in [0.5, 0.6) is 0 Å². The number of nitrogens with one attached hydrogen (secondary N) is 1. The van der Waals surface area contributed by atoms with E-state index >= 15 is 0 Å². The van der Waals surface area contributed by atoms with Gasteiger partial charge in [0.25, 0.3) is 5.91 Å². The summed E-state index contributed by atoms with van der Waals surface area (Å²) in [6.07, 6.45) is 0.0845. The molecule has 1 aromatic carbocycles. The minimum Gasteiger partial charge on any atom is -0.480 e. The predicted molar refractivity (Wildman–Crippen MR) is 99.9 cm³/mol. The molecule has 0 unspecified atom stereocenters. The minimum absolute atomic E-state index is 0.0845. The predicted octanol–water partition coefficient (Wildman–Crippen LogP) is 3.96. The Morgan fingerprint density at radius 3 is 2.25 bits per heavy atom. The van der Waals surface area contributed by atoms with Crippen molar-refractivity contribution in [2.45, 2.75) is 51.4 Å². The van der Waals surface area contributed by atoms with Crippen molar-refractivity contribution in [3.8, 4) is 11.5 Å². The van der Waals surface area contributed by atoms with Crippen molar-refractivity contribution in [1.82, 2.24) is 5.32 Å². The summed E-state index contributed by atoms with van der Waals surface area (Å²) in [5.74, 6) is 1.43. The lowest BCUT2D eigenvalue weighted by Gasteiger charge is -2.31. The monoisotopic (exact) mass is 365 g/mol. The molecule has 4 nitrogen and oxygen atoms in total. The number of rotatable bonds is 4. The third kappa shape index (κ3) is 5.70. The van der Waals surface area contributed by atoms with Crippen LogP contribution in [0.3, 0.4) is 0 Å². The third-order valence-electron chi connectivity index (χ3n) is 4.29. The van der Waals surface area contributed by atoms with Crippen LogP contribution in [-0.2, 0) is 4.79 Å². The smallest absolute Gasteiger partial charge is 0.327 e. The number of aliphatic carboxylic acids is 1. The number of hydrogen-bond acceptors (Lipinski definition) is 2. The molecule has 0 saturated carbocycles. The van der Waals surface area contributed by atoms with E-state index in [2.05, 4.69) is 50.6 Å². The maximum atomic E-state index is 12.1. The highest BCUT2D eigenvalue weighted by atomic mass is 35.5. The van der Waals surface area contributed by atoms with Gasteiger partial charge in [-0.15, -0.1) is 11.5 Å². The molecule has 0 fully saturated rings. The summed E-state index contributed by atoms with van der Waals surface area (Å²) in [5, 5.41) is 12.4. The van der Waals surface area contributed by atoms with Crippen molar-refractivity contribution >= 4 is 31.6 Å². The molecule has 0 aliphatic carbocycles. The Balaban J connectivity index is 2.81. The van der Waals surface area contributed by atoms with Gasteiger partial charge in [-0.05, 0) is 29.3 Å². The van der Waals surface area contributed by atoms with Crippen LogP contribution in [0.2, 0.25) is 23.2 Å². The standard InChI is InChI=1S/C18H24ClNO3Si/c1-18(2,3)24(4,5)12-6-7-15(17(22)23)20-16(21)13-8-10-14(19)11-9-13/h8-11,15H,7H2,1-5H3,(H,20,21)(H,22,23)/t15-/m1/s1. The highest BCUT2D eigenvalue weighted by Gasteiger charge is 2.33. The zero-order valence-corrected chi connectivity index (χ0v) is 16.5. The highest BCUT2D eigenvalue weighted by Crippen LogP contribution is 2.35. The molecule has 0 spiro atoms. The molecule has 0 saturated heterocycles. The van der Waals surface area contributed by atoms with Crippen molar-refractivity contribution in [1.29, 1.82) is 0 Å². The van der Waals surface area contributed by atoms with Gasteiger partial charge in [0.1, 0.15) is 14.1 Å². The second-order valence-electron chi connectivity index (χ2n) is 7.25. The maximum Gasteiger partial charge on any atom is 0.327 e. The van der Waals surface area contributed by atoms with Crippen LogP contribution in [0.25, 0.3) is 0 Å². The lowest BCUT2D eigenvalue weighted by Crippen LogP contribution is -2.41. The van der Waals surface area contributed by atoms with E-state index in [1.165, 1.54) is 0 Å². The van der Waals surface area contributed by atoms with Crippen LogP contribution in [0, 0.1) is 11.5 Å². The van der Waals surface area contributed by atoms with Crippen LogP contribution in [0.1, 0.15) is 37.6 Å². The van der Waals surface area contributed by atoms with E-state index in [0.29, 0.717) is 10.6 Å². The summed E-state index contributed by atoms with van der Waals surface area (Å²) in [6, 6.07) is 5.24. The second-order valence-corrected chi connectivity index (χ2v) is 12.7. The van der Waals surface area contributed by atoms with Gasteiger partial charge in [0.15, 0.2) is 0 Å². The average Bonchev–Trinajstić information content (AvgIpc) is 2.45. The highest BCUT2D eigenvalue weighted by molar-refractivity contribution is 6.87. The fraction of sp³-hybridized carbons (Fsp3) is 0.444. The largest absolute Gasteiger partial charge is 0.480 e. The van der Waals surface area contributed by atoms with E-state index < -0.39 is 26.0 Å². The molecule has 0 bridgehead atoms. The Morgan fingerprint density at radius 2 is 1.79 bits per heavy atom. The van der Waals surface area contributed by atoms with Gasteiger partial charge in [-0.3, -0.25) is 4.79 Å². The van der Waals surface area contributed by atoms with Crippen molar-refractivity contribution in [2.24, 2.45) is 0 Å². The van der Waals surface area contributed by atoms with Gasteiger partial charge < -0.3 is 10.4 Å². The zero-order chi connectivity index (χ0) is 18.5. The number of carboxylic acids is 1. The number of amides is 1. The number of carbonyl (C=O) groups excluding carboxylic acids is 1. The minimum atomic E-state index is -1.80. The van der Waals surface area contributed by atoms with E-state index in [0.717, 1.165) is 0 Å². The molecule has 1 rings (SSSR count). The molecule has 1 atom stereocenters. The van der Waals surface area contributed by atoms with Crippen molar-refractivity contribution in [2.75, 3.05) is 0 Å². The summed E-state index contributed by atoms with van der Waals surface area (Å²) in [4.78, 5) is 23.5. The molecular formula is C18H24ClNO3Si. The van der Waals surface area contributed by atoms with Crippen LogP contribution in [0.15, 0.2) is 24.3 Å². The molecule has 0 aromatic heterocycles. The van der Waals surface area contributed by atoms with Crippen LogP contribution < -0.4 is 5.32 Å². The second kappa shape index (κ2) is 7.87. The molecule has 1 amide bonds. The first kappa shape index (κ1) is 20.3. The fourth-order valence-corrected chi connectivity index (χ4v) is 2.65. The first-order valence-electron chi connectivity index (χ1n) is 7.73. The molecule has 24 heavy (non-hydrogen) atoms. The molecule has 2 N–H and O–H groups in total. The van der Waals surface area contributed by atoms with Gasteiger partial charge in [-0.25, -0.2) is 4.79 Å². The molecule has 130 valence electrons. The van der Waals surface area contributed by atoms with Crippen molar-refractivity contribution in [3.63, 3.8) is 0 Å². The molecular weight excluding hydrogens is 342 g/mol.